The Hall–Kier alpha value is -2.67. The fraction of sp³-hybridized carbons (Fsp3) is 0.188. The SMILES string of the molecule is COc1ccc(C=C2N=C(C)N(c3nccs3)C2=O)cc1OC. The Morgan fingerprint density at radius 2 is 2.00 bits per heavy atom. The van der Waals surface area contributed by atoms with Gasteiger partial charge < -0.3 is 9.47 Å². The number of anilines is 1. The Morgan fingerprint density at radius 3 is 2.65 bits per heavy atom. The van der Waals surface area contributed by atoms with E-state index in [0.29, 0.717) is 28.2 Å². The predicted molar refractivity (Wildman–Crippen MR) is 90.2 cm³/mol. The van der Waals surface area contributed by atoms with E-state index in [1.54, 1.807) is 45.5 Å². The number of amides is 1. The van der Waals surface area contributed by atoms with Crippen LogP contribution in [0, 0.1) is 0 Å². The highest BCUT2D eigenvalue weighted by atomic mass is 32.1. The summed E-state index contributed by atoms with van der Waals surface area (Å²) >= 11 is 1.40. The van der Waals surface area contributed by atoms with Crippen LogP contribution in [0.4, 0.5) is 5.13 Å². The van der Waals surface area contributed by atoms with Gasteiger partial charge in [0.2, 0.25) is 0 Å². The third-order valence-corrected chi connectivity index (χ3v) is 4.11. The third kappa shape index (κ3) is 2.83. The van der Waals surface area contributed by atoms with Crippen molar-refractivity contribution in [3.05, 3.63) is 41.0 Å². The summed E-state index contributed by atoms with van der Waals surface area (Å²) in [6.45, 7) is 1.79. The van der Waals surface area contributed by atoms with Gasteiger partial charge in [0, 0.05) is 11.6 Å². The minimum atomic E-state index is -0.188. The number of carbonyl (C=O) groups is 1. The number of rotatable bonds is 4. The second-order valence-corrected chi connectivity index (χ2v) is 5.63. The molecule has 0 N–H and O–H groups in total. The first-order valence-corrected chi connectivity index (χ1v) is 7.75. The maximum absolute atomic E-state index is 12.6. The van der Waals surface area contributed by atoms with Crippen molar-refractivity contribution in [1.29, 1.82) is 0 Å². The second-order valence-electron chi connectivity index (χ2n) is 4.76. The number of ether oxygens (including phenoxy) is 2. The van der Waals surface area contributed by atoms with Crippen molar-refractivity contribution in [3.63, 3.8) is 0 Å². The van der Waals surface area contributed by atoms with Crippen molar-refractivity contribution in [1.82, 2.24) is 4.98 Å². The van der Waals surface area contributed by atoms with Gasteiger partial charge in [-0.3, -0.25) is 4.79 Å². The monoisotopic (exact) mass is 329 g/mol. The Bertz CT molecular complexity index is 797. The van der Waals surface area contributed by atoms with E-state index in [-0.39, 0.29) is 5.91 Å². The number of hydrogen-bond acceptors (Lipinski definition) is 6. The first-order valence-electron chi connectivity index (χ1n) is 6.87. The molecule has 0 radical (unpaired) electrons. The van der Waals surface area contributed by atoms with Gasteiger partial charge in [0.15, 0.2) is 16.6 Å². The van der Waals surface area contributed by atoms with E-state index in [2.05, 4.69) is 9.98 Å². The molecule has 1 amide bonds. The first-order chi connectivity index (χ1) is 11.1. The van der Waals surface area contributed by atoms with Gasteiger partial charge in [-0.05, 0) is 30.7 Å². The first kappa shape index (κ1) is 15.2. The average Bonchev–Trinajstić information content (AvgIpc) is 3.16. The van der Waals surface area contributed by atoms with Crippen LogP contribution in [0.5, 0.6) is 11.5 Å². The molecule has 2 heterocycles. The topological polar surface area (TPSA) is 64.0 Å². The van der Waals surface area contributed by atoms with Crippen LogP contribution in [0.2, 0.25) is 0 Å². The van der Waals surface area contributed by atoms with Gasteiger partial charge in [-0.15, -0.1) is 11.3 Å². The lowest BCUT2D eigenvalue weighted by Gasteiger charge is -2.11. The molecular formula is C16H15N3O3S. The highest BCUT2D eigenvalue weighted by Gasteiger charge is 2.30. The van der Waals surface area contributed by atoms with E-state index in [1.165, 1.54) is 16.2 Å². The predicted octanol–water partition coefficient (Wildman–Crippen LogP) is 2.97. The quantitative estimate of drug-likeness (QED) is 0.809. The molecule has 6 nitrogen and oxygen atoms in total. The number of aliphatic imine (C=N–C) groups is 1. The van der Waals surface area contributed by atoms with E-state index in [0.717, 1.165) is 5.56 Å². The number of thiazole rings is 1. The number of hydrogen-bond donors (Lipinski definition) is 0. The standard InChI is InChI=1S/C16H15N3O3S/c1-10-18-12(15(20)19(10)16-17-6-7-23-16)8-11-4-5-13(21-2)14(9-11)22-3/h4-9H,1-3H3. The summed E-state index contributed by atoms with van der Waals surface area (Å²) in [5.74, 6) is 1.66. The van der Waals surface area contributed by atoms with Gasteiger partial charge in [0.05, 0.1) is 14.2 Å². The van der Waals surface area contributed by atoms with Gasteiger partial charge in [0.1, 0.15) is 11.5 Å². The Kier molecular flexibility index (Phi) is 4.12. The molecule has 118 valence electrons. The Balaban J connectivity index is 1.93. The number of amidine groups is 1. The molecule has 0 saturated heterocycles. The second kappa shape index (κ2) is 6.21. The van der Waals surface area contributed by atoms with Gasteiger partial charge in [-0.2, -0.15) is 0 Å². The van der Waals surface area contributed by atoms with Crippen molar-refractivity contribution in [3.8, 4) is 11.5 Å². The lowest BCUT2D eigenvalue weighted by atomic mass is 10.1. The molecule has 0 spiro atoms. The molecule has 0 bridgehead atoms. The molecule has 0 aliphatic carbocycles. The zero-order valence-corrected chi connectivity index (χ0v) is 13.8. The van der Waals surface area contributed by atoms with Gasteiger partial charge in [0.25, 0.3) is 5.91 Å². The molecule has 0 atom stereocenters. The summed E-state index contributed by atoms with van der Waals surface area (Å²) in [6, 6.07) is 5.44. The smallest absolute Gasteiger partial charge is 0.284 e. The molecule has 7 heteroatoms. The summed E-state index contributed by atoms with van der Waals surface area (Å²) in [6.07, 6.45) is 3.39. The molecular weight excluding hydrogens is 314 g/mol. The normalized spacial score (nSPS) is 16.0. The van der Waals surface area contributed by atoms with E-state index < -0.39 is 0 Å². The summed E-state index contributed by atoms with van der Waals surface area (Å²) in [7, 11) is 3.15. The van der Waals surface area contributed by atoms with E-state index >= 15 is 0 Å². The van der Waals surface area contributed by atoms with Crippen LogP contribution in [0.1, 0.15) is 12.5 Å². The van der Waals surface area contributed by atoms with Crippen LogP contribution in [0.15, 0.2) is 40.5 Å². The molecule has 1 aliphatic rings. The van der Waals surface area contributed by atoms with Crippen molar-refractivity contribution in [2.45, 2.75) is 6.92 Å². The van der Waals surface area contributed by atoms with Crippen LogP contribution in [-0.4, -0.2) is 30.9 Å². The fourth-order valence-electron chi connectivity index (χ4n) is 2.28. The number of benzene rings is 1. The molecule has 3 rings (SSSR count). The molecule has 23 heavy (non-hydrogen) atoms. The largest absolute Gasteiger partial charge is 0.493 e. The lowest BCUT2D eigenvalue weighted by Crippen LogP contribution is -2.29. The lowest BCUT2D eigenvalue weighted by molar-refractivity contribution is -0.113. The molecule has 2 aromatic rings. The summed E-state index contributed by atoms with van der Waals surface area (Å²) in [5, 5.41) is 2.44. The summed E-state index contributed by atoms with van der Waals surface area (Å²) < 4.78 is 10.5. The van der Waals surface area contributed by atoms with E-state index in [4.69, 9.17) is 9.47 Å². The zero-order valence-electron chi connectivity index (χ0n) is 12.9. The molecule has 0 fully saturated rings. The van der Waals surface area contributed by atoms with Gasteiger partial charge in [-0.1, -0.05) is 6.07 Å². The van der Waals surface area contributed by atoms with Crippen LogP contribution < -0.4 is 14.4 Å². The van der Waals surface area contributed by atoms with Gasteiger partial charge >= 0.3 is 0 Å². The average molecular weight is 329 g/mol. The maximum Gasteiger partial charge on any atom is 0.284 e. The van der Waals surface area contributed by atoms with Crippen molar-refractivity contribution >= 4 is 34.3 Å². The molecule has 0 unspecified atom stereocenters. The fourth-order valence-corrected chi connectivity index (χ4v) is 2.97. The number of methoxy groups -OCH3 is 2. The Morgan fingerprint density at radius 1 is 1.22 bits per heavy atom. The van der Waals surface area contributed by atoms with E-state index in [9.17, 15) is 4.79 Å². The van der Waals surface area contributed by atoms with Gasteiger partial charge in [-0.25, -0.2) is 14.9 Å². The van der Waals surface area contributed by atoms with Crippen LogP contribution in [-0.2, 0) is 4.79 Å². The maximum atomic E-state index is 12.6. The molecule has 1 aromatic heterocycles. The van der Waals surface area contributed by atoms with Crippen molar-refractivity contribution < 1.29 is 14.3 Å². The minimum absolute atomic E-state index is 0.188. The Labute approximate surface area is 137 Å². The minimum Gasteiger partial charge on any atom is -0.493 e. The molecule has 1 aliphatic heterocycles. The zero-order chi connectivity index (χ0) is 16.4. The highest BCUT2D eigenvalue weighted by molar-refractivity contribution is 7.14. The molecule has 0 saturated carbocycles. The van der Waals surface area contributed by atoms with Crippen LogP contribution in [0.3, 0.4) is 0 Å². The summed E-state index contributed by atoms with van der Waals surface area (Å²) in [4.78, 5) is 22.6. The van der Waals surface area contributed by atoms with Crippen LogP contribution in [0.25, 0.3) is 6.08 Å². The highest BCUT2D eigenvalue weighted by Crippen LogP contribution is 2.30. The molecule has 1 aromatic carbocycles. The van der Waals surface area contributed by atoms with Crippen molar-refractivity contribution in [2.75, 3.05) is 19.1 Å². The van der Waals surface area contributed by atoms with Crippen LogP contribution >= 0.6 is 11.3 Å². The number of nitrogens with zero attached hydrogens (tertiary/aromatic N) is 3. The van der Waals surface area contributed by atoms with E-state index in [1.807, 2.05) is 11.4 Å². The number of carbonyl (C=O) groups excluding carboxylic acids is 1. The summed E-state index contributed by atoms with van der Waals surface area (Å²) in [5.41, 5.74) is 1.17. The number of aromatic nitrogens is 1. The third-order valence-electron chi connectivity index (χ3n) is 3.35. The van der Waals surface area contributed by atoms with Crippen molar-refractivity contribution in [2.24, 2.45) is 4.99 Å².